The summed E-state index contributed by atoms with van der Waals surface area (Å²) in [5, 5.41) is 12.6. The van der Waals surface area contributed by atoms with Crippen molar-refractivity contribution in [2.45, 2.75) is 25.3 Å². The normalized spacial score (nSPS) is 15.7. The second-order valence-electron chi connectivity index (χ2n) is 6.79. The Balaban J connectivity index is 1.56. The third kappa shape index (κ3) is 3.32. The van der Waals surface area contributed by atoms with E-state index in [4.69, 9.17) is 14.4 Å². The van der Waals surface area contributed by atoms with Gasteiger partial charge in [0.05, 0.1) is 13.2 Å². The fourth-order valence-electron chi connectivity index (χ4n) is 3.66. The van der Waals surface area contributed by atoms with E-state index in [1.54, 1.807) is 42.9 Å². The Kier molecular flexibility index (Phi) is 4.75. The Bertz CT molecular complexity index is 1060. The van der Waals surface area contributed by atoms with Crippen LogP contribution in [0.15, 0.2) is 46.9 Å². The van der Waals surface area contributed by atoms with Gasteiger partial charge in [-0.05, 0) is 66.8 Å². The van der Waals surface area contributed by atoms with Crippen molar-refractivity contribution in [3.05, 3.63) is 64.9 Å². The zero-order valence-corrected chi connectivity index (χ0v) is 15.3. The molecular weight excluding hydrogens is 360 g/mol. The van der Waals surface area contributed by atoms with Crippen LogP contribution in [0.2, 0.25) is 0 Å². The molecule has 0 spiro atoms. The molecule has 3 aromatic rings. The molecule has 2 amide bonds. The number of benzene rings is 2. The number of fused-ring (bicyclic) bond motifs is 2. The van der Waals surface area contributed by atoms with Crippen LogP contribution in [-0.2, 0) is 6.42 Å². The number of carbonyl (C=O) groups excluding carboxylic acids is 2. The quantitative estimate of drug-likeness (QED) is 0.476. The highest BCUT2D eigenvalue weighted by Crippen LogP contribution is 2.31. The molecule has 1 aliphatic rings. The Labute approximate surface area is 161 Å². The number of rotatable bonds is 4. The Morgan fingerprint density at radius 2 is 2.00 bits per heavy atom. The fourth-order valence-corrected chi connectivity index (χ4v) is 3.66. The van der Waals surface area contributed by atoms with E-state index in [9.17, 15) is 9.59 Å². The maximum Gasteiger partial charge on any atom is 0.287 e. The number of nitrogens with one attached hydrogen (secondary N) is 2. The highest BCUT2D eigenvalue weighted by molar-refractivity contribution is 5.96. The molecule has 0 fully saturated rings. The number of furan rings is 1. The van der Waals surface area contributed by atoms with Crippen LogP contribution in [0.3, 0.4) is 0 Å². The SMILES string of the molecule is COc1ccc2oc(C(=O)NC3CCCc4cc(C(=O)NO)ccc43)cc2c1. The molecule has 7 heteroatoms. The molecule has 4 rings (SSSR count). The monoisotopic (exact) mass is 380 g/mol. The van der Waals surface area contributed by atoms with Gasteiger partial charge in [-0.1, -0.05) is 6.07 Å². The molecule has 7 nitrogen and oxygen atoms in total. The van der Waals surface area contributed by atoms with E-state index in [1.165, 1.54) is 0 Å². The summed E-state index contributed by atoms with van der Waals surface area (Å²) in [6.07, 6.45) is 2.51. The van der Waals surface area contributed by atoms with Crippen molar-refractivity contribution in [2.24, 2.45) is 0 Å². The molecule has 0 radical (unpaired) electrons. The average molecular weight is 380 g/mol. The lowest BCUT2D eigenvalue weighted by Gasteiger charge is -2.26. The van der Waals surface area contributed by atoms with Crippen LogP contribution in [0.1, 0.15) is 50.9 Å². The molecule has 0 saturated carbocycles. The molecule has 1 aliphatic carbocycles. The molecule has 0 bridgehead atoms. The molecule has 28 heavy (non-hydrogen) atoms. The second-order valence-corrected chi connectivity index (χ2v) is 6.79. The van der Waals surface area contributed by atoms with Gasteiger partial charge in [0.2, 0.25) is 0 Å². The van der Waals surface area contributed by atoms with E-state index in [0.29, 0.717) is 16.9 Å². The van der Waals surface area contributed by atoms with E-state index >= 15 is 0 Å². The summed E-state index contributed by atoms with van der Waals surface area (Å²) in [7, 11) is 1.59. The molecule has 2 aromatic carbocycles. The van der Waals surface area contributed by atoms with Crippen molar-refractivity contribution in [2.75, 3.05) is 7.11 Å². The molecular formula is C21H20N2O5. The van der Waals surface area contributed by atoms with Crippen molar-refractivity contribution < 1.29 is 24.0 Å². The Morgan fingerprint density at radius 3 is 2.79 bits per heavy atom. The summed E-state index contributed by atoms with van der Waals surface area (Å²) in [6, 6.07) is 12.1. The molecule has 0 aliphatic heterocycles. The predicted molar refractivity (Wildman–Crippen MR) is 102 cm³/mol. The fraction of sp³-hybridized carbons (Fsp3) is 0.238. The van der Waals surface area contributed by atoms with Gasteiger partial charge >= 0.3 is 0 Å². The number of ether oxygens (including phenoxy) is 1. The minimum absolute atomic E-state index is 0.162. The van der Waals surface area contributed by atoms with Gasteiger partial charge in [0.15, 0.2) is 5.76 Å². The van der Waals surface area contributed by atoms with Crippen molar-refractivity contribution in [3.63, 3.8) is 0 Å². The van der Waals surface area contributed by atoms with Crippen LogP contribution in [0, 0.1) is 0 Å². The number of hydrogen-bond acceptors (Lipinski definition) is 5. The first-order chi connectivity index (χ1) is 13.6. The largest absolute Gasteiger partial charge is 0.497 e. The standard InChI is InChI=1S/C21H20N2O5/c1-27-15-6-8-18-14(10-15)11-19(28-18)21(25)22-17-4-2-3-12-9-13(20(24)23-26)5-7-16(12)17/h5-11,17,26H,2-4H2,1H3,(H,22,25)(H,23,24). The smallest absolute Gasteiger partial charge is 0.287 e. The molecule has 144 valence electrons. The van der Waals surface area contributed by atoms with Gasteiger partial charge < -0.3 is 14.5 Å². The van der Waals surface area contributed by atoms with Crippen molar-refractivity contribution in [3.8, 4) is 5.75 Å². The third-order valence-corrected chi connectivity index (χ3v) is 5.07. The van der Waals surface area contributed by atoms with E-state index < -0.39 is 5.91 Å². The molecule has 1 aromatic heterocycles. The minimum Gasteiger partial charge on any atom is -0.497 e. The van der Waals surface area contributed by atoms with Crippen molar-refractivity contribution >= 4 is 22.8 Å². The Morgan fingerprint density at radius 1 is 1.14 bits per heavy atom. The zero-order chi connectivity index (χ0) is 19.7. The summed E-state index contributed by atoms with van der Waals surface area (Å²) in [4.78, 5) is 24.4. The molecule has 1 heterocycles. The minimum atomic E-state index is -0.549. The van der Waals surface area contributed by atoms with Crippen LogP contribution in [0.5, 0.6) is 5.75 Å². The number of hydrogen-bond donors (Lipinski definition) is 3. The lowest BCUT2D eigenvalue weighted by Crippen LogP contribution is -2.31. The summed E-state index contributed by atoms with van der Waals surface area (Å²) >= 11 is 0. The van der Waals surface area contributed by atoms with Gasteiger partial charge in [0.1, 0.15) is 11.3 Å². The summed E-state index contributed by atoms with van der Waals surface area (Å²) in [6.45, 7) is 0. The van der Waals surface area contributed by atoms with Crippen LogP contribution < -0.4 is 15.5 Å². The molecule has 1 unspecified atom stereocenters. The van der Waals surface area contributed by atoms with Gasteiger partial charge in [-0.15, -0.1) is 0 Å². The summed E-state index contributed by atoms with van der Waals surface area (Å²) in [5.41, 5.74) is 4.62. The maximum atomic E-state index is 12.7. The number of aryl methyl sites for hydroxylation is 1. The number of hydroxylamine groups is 1. The van der Waals surface area contributed by atoms with Crippen molar-refractivity contribution in [1.82, 2.24) is 10.8 Å². The summed E-state index contributed by atoms with van der Waals surface area (Å²) in [5.74, 6) is 0.104. The van der Waals surface area contributed by atoms with E-state index in [0.717, 1.165) is 35.8 Å². The number of amides is 2. The predicted octanol–water partition coefficient (Wildman–Crippen LogP) is 3.37. The van der Waals surface area contributed by atoms with Crippen LogP contribution >= 0.6 is 0 Å². The van der Waals surface area contributed by atoms with Gasteiger partial charge in [-0.2, -0.15) is 0 Å². The third-order valence-electron chi connectivity index (χ3n) is 5.07. The molecule has 3 N–H and O–H groups in total. The lowest BCUT2D eigenvalue weighted by atomic mass is 9.86. The van der Waals surface area contributed by atoms with Crippen LogP contribution in [0.4, 0.5) is 0 Å². The summed E-state index contributed by atoms with van der Waals surface area (Å²) < 4.78 is 10.9. The highest BCUT2D eigenvalue weighted by Gasteiger charge is 2.24. The van der Waals surface area contributed by atoms with Gasteiger partial charge in [-0.3, -0.25) is 14.8 Å². The van der Waals surface area contributed by atoms with Gasteiger partial charge in [0, 0.05) is 10.9 Å². The first-order valence-corrected chi connectivity index (χ1v) is 9.05. The van der Waals surface area contributed by atoms with E-state index in [-0.39, 0.29) is 17.7 Å². The average Bonchev–Trinajstić information content (AvgIpc) is 3.16. The van der Waals surface area contributed by atoms with Gasteiger partial charge in [0.25, 0.3) is 11.8 Å². The second kappa shape index (κ2) is 7.36. The van der Waals surface area contributed by atoms with E-state index in [1.807, 2.05) is 12.1 Å². The molecule has 0 saturated heterocycles. The maximum absolute atomic E-state index is 12.7. The Hall–Kier alpha value is -3.32. The van der Waals surface area contributed by atoms with Crippen molar-refractivity contribution in [1.29, 1.82) is 0 Å². The molecule has 1 atom stereocenters. The number of carbonyl (C=O) groups is 2. The van der Waals surface area contributed by atoms with E-state index in [2.05, 4.69) is 5.32 Å². The topological polar surface area (TPSA) is 101 Å². The van der Waals surface area contributed by atoms with Gasteiger partial charge in [-0.25, -0.2) is 5.48 Å². The highest BCUT2D eigenvalue weighted by atomic mass is 16.5. The zero-order valence-electron chi connectivity index (χ0n) is 15.3. The van der Waals surface area contributed by atoms with Crippen LogP contribution in [0.25, 0.3) is 11.0 Å². The lowest BCUT2D eigenvalue weighted by molar-refractivity contribution is 0.0706. The first kappa shape index (κ1) is 18.1. The van der Waals surface area contributed by atoms with Crippen LogP contribution in [-0.4, -0.2) is 24.1 Å². The first-order valence-electron chi connectivity index (χ1n) is 9.05. The number of methoxy groups -OCH3 is 1.